The standard InChI is InChI=1S/C16H17N3OS/c1-3-11-8-9-15(21-11)16-12(17)10-19(18-16)13-6-4-5-7-14(13)20-2/h4-10H,3,17H2,1-2H3. The first-order valence-corrected chi connectivity index (χ1v) is 7.62. The molecule has 3 aromatic rings. The zero-order valence-electron chi connectivity index (χ0n) is 12.0. The number of hydrogen-bond donors (Lipinski definition) is 1. The largest absolute Gasteiger partial charge is 0.494 e. The van der Waals surface area contributed by atoms with Crippen molar-refractivity contribution in [3.63, 3.8) is 0 Å². The number of nitrogens with zero attached hydrogens (tertiary/aromatic N) is 2. The van der Waals surface area contributed by atoms with Crippen LogP contribution in [-0.2, 0) is 6.42 Å². The second kappa shape index (κ2) is 5.61. The molecule has 0 saturated carbocycles. The Balaban J connectivity index is 2.05. The summed E-state index contributed by atoms with van der Waals surface area (Å²) >= 11 is 1.73. The molecule has 0 atom stereocenters. The molecule has 108 valence electrons. The van der Waals surface area contributed by atoms with Gasteiger partial charge in [-0.2, -0.15) is 5.10 Å². The molecule has 4 nitrogen and oxygen atoms in total. The van der Waals surface area contributed by atoms with Gasteiger partial charge in [0, 0.05) is 4.88 Å². The zero-order chi connectivity index (χ0) is 14.8. The van der Waals surface area contributed by atoms with E-state index in [2.05, 4.69) is 24.2 Å². The molecule has 0 spiro atoms. The molecule has 0 aliphatic rings. The lowest BCUT2D eigenvalue weighted by Gasteiger charge is -2.07. The molecule has 2 aromatic heterocycles. The maximum Gasteiger partial charge on any atom is 0.144 e. The number of methoxy groups -OCH3 is 1. The Labute approximate surface area is 127 Å². The first-order valence-electron chi connectivity index (χ1n) is 6.80. The molecule has 0 fully saturated rings. The number of thiophene rings is 1. The van der Waals surface area contributed by atoms with Crippen molar-refractivity contribution in [2.24, 2.45) is 0 Å². The average Bonchev–Trinajstić information content (AvgIpc) is 3.13. The monoisotopic (exact) mass is 299 g/mol. The highest BCUT2D eigenvalue weighted by atomic mass is 32.1. The van der Waals surface area contributed by atoms with Crippen molar-refractivity contribution in [2.45, 2.75) is 13.3 Å². The first-order chi connectivity index (χ1) is 10.2. The van der Waals surface area contributed by atoms with E-state index in [1.54, 1.807) is 23.1 Å². The summed E-state index contributed by atoms with van der Waals surface area (Å²) in [7, 11) is 1.65. The van der Waals surface area contributed by atoms with Crippen molar-refractivity contribution >= 4 is 17.0 Å². The van der Waals surface area contributed by atoms with E-state index in [1.165, 1.54) is 4.88 Å². The molecule has 0 aliphatic heterocycles. The Morgan fingerprint density at radius 1 is 1.24 bits per heavy atom. The summed E-state index contributed by atoms with van der Waals surface area (Å²) in [6, 6.07) is 12.0. The minimum Gasteiger partial charge on any atom is -0.494 e. The maximum absolute atomic E-state index is 6.14. The minimum absolute atomic E-state index is 0.672. The molecule has 3 rings (SSSR count). The van der Waals surface area contributed by atoms with Crippen LogP contribution in [0.1, 0.15) is 11.8 Å². The van der Waals surface area contributed by atoms with Crippen molar-refractivity contribution < 1.29 is 4.74 Å². The number of nitrogens with two attached hydrogens (primary N) is 1. The highest BCUT2D eigenvalue weighted by Crippen LogP contribution is 2.33. The number of aromatic nitrogens is 2. The second-order valence-electron chi connectivity index (χ2n) is 4.67. The average molecular weight is 299 g/mol. The number of aryl methyl sites for hydroxylation is 1. The van der Waals surface area contributed by atoms with E-state index < -0.39 is 0 Å². The van der Waals surface area contributed by atoms with Gasteiger partial charge in [0.25, 0.3) is 0 Å². The molecule has 0 aliphatic carbocycles. The van der Waals surface area contributed by atoms with Crippen LogP contribution in [0, 0.1) is 0 Å². The van der Waals surface area contributed by atoms with E-state index in [-0.39, 0.29) is 0 Å². The lowest BCUT2D eigenvalue weighted by molar-refractivity contribution is 0.412. The van der Waals surface area contributed by atoms with E-state index in [0.717, 1.165) is 28.4 Å². The number of hydrogen-bond acceptors (Lipinski definition) is 4. The predicted octanol–water partition coefficient (Wildman–Crippen LogP) is 3.75. The third-order valence-electron chi connectivity index (χ3n) is 3.32. The Morgan fingerprint density at radius 2 is 2.05 bits per heavy atom. The Morgan fingerprint density at radius 3 is 2.76 bits per heavy atom. The van der Waals surface area contributed by atoms with Gasteiger partial charge >= 0.3 is 0 Å². The van der Waals surface area contributed by atoms with Crippen LogP contribution in [0.3, 0.4) is 0 Å². The van der Waals surface area contributed by atoms with Crippen LogP contribution >= 0.6 is 11.3 Å². The van der Waals surface area contributed by atoms with Crippen molar-refractivity contribution in [2.75, 3.05) is 12.8 Å². The predicted molar refractivity (Wildman–Crippen MR) is 87.2 cm³/mol. The summed E-state index contributed by atoms with van der Waals surface area (Å²) in [4.78, 5) is 2.43. The molecule has 2 N–H and O–H groups in total. The summed E-state index contributed by atoms with van der Waals surface area (Å²) in [5.74, 6) is 0.770. The highest BCUT2D eigenvalue weighted by molar-refractivity contribution is 7.15. The normalized spacial score (nSPS) is 10.8. The van der Waals surface area contributed by atoms with Crippen molar-refractivity contribution in [1.29, 1.82) is 0 Å². The van der Waals surface area contributed by atoms with Crippen LogP contribution in [-0.4, -0.2) is 16.9 Å². The maximum atomic E-state index is 6.14. The van der Waals surface area contributed by atoms with Gasteiger partial charge in [-0.25, -0.2) is 4.68 Å². The third kappa shape index (κ3) is 2.52. The van der Waals surface area contributed by atoms with Gasteiger partial charge in [0.1, 0.15) is 17.1 Å². The molecular formula is C16H17N3OS. The van der Waals surface area contributed by atoms with Crippen molar-refractivity contribution in [3.8, 4) is 22.0 Å². The lowest BCUT2D eigenvalue weighted by atomic mass is 10.3. The van der Waals surface area contributed by atoms with Gasteiger partial charge in [0.05, 0.1) is 23.9 Å². The topological polar surface area (TPSA) is 53.1 Å². The highest BCUT2D eigenvalue weighted by Gasteiger charge is 2.13. The van der Waals surface area contributed by atoms with Crippen LogP contribution in [0.5, 0.6) is 5.75 Å². The second-order valence-corrected chi connectivity index (χ2v) is 5.84. The van der Waals surface area contributed by atoms with E-state index in [9.17, 15) is 0 Å². The molecule has 0 unspecified atom stereocenters. The SMILES string of the molecule is CCc1ccc(-c2nn(-c3ccccc3OC)cc2N)s1. The first kappa shape index (κ1) is 13.7. The fourth-order valence-electron chi connectivity index (χ4n) is 2.22. The van der Waals surface area contributed by atoms with E-state index in [1.807, 2.05) is 30.5 Å². The molecule has 0 radical (unpaired) electrons. The van der Waals surface area contributed by atoms with Crippen molar-refractivity contribution in [1.82, 2.24) is 9.78 Å². The fraction of sp³-hybridized carbons (Fsp3) is 0.188. The quantitative estimate of drug-likeness (QED) is 0.798. The summed E-state index contributed by atoms with van der Waals surface area (Å²) in [6.07, 6.45) is 2.86. The Hall–Kier alpha value is -2.27. The number of benzene rings is 1. The number of nitrogen functional groups attached to an aromatic ring is 1. The Kier molecular flexibility index (Phi) is 3.66. The summed E-state index contributed by atoms with van der Waals surface area (Å²) in [5.41, 5.74) is 8.51. The van der Waals surface area contributed by atoms with E-state index >= 15 is 0 Å². The van der Waals surface area contributed by atoms with Gasteiger partial charge in [-0.15, -0.1) is 11.3 Å². The fourth-order valence-corrected chi connectivity index (χ4v) is 3.17. The summed E-state index contributed by atoms with van der Waals surface area (Å²) < 4.78 is 7.15. The lowest BCUT2D eigenvalue weighted by Crippen LogP contribution is -1.98. The summed E-state index contributed by atoms with van der Waals surface area (Å²) in [5, 5.41) is 4.63. The molecule has 0 bridgehead atoms. The van der Waals surface area contributed by atoms with Gasteiger partial charge in [-0.3, -0.25) is 0 Å². The van der Waals surface area contributed by atoms with Crippen LogP contribution in [0.4, 0.5) is 5.69 Å². The van der Waals surface area contributed by atoms with Gasteiger partial charge in [-0.05, 0) is 30.7 Å². The Bertz CT molecular complexity index is 760. The third-order valence-corrected chi connectivity index (χ3v) is 4.55. The van der Waals surface area contributed by atoms with Gasteiger partial charge < -0.3 is 10.5 Å². The van der Waals surface area contributed by atoms with E-state index in [4.69, 9.17) is 10.5 Å². The van der Waals surface area contributed by atoms with Crippen LogP contribution in [0.2, 0.25) is 0 Å². The molecule has 5 heteroatoms. The van der Waals surface area contributed by atoms with Crippen LogP contribution in [0.25, 0.3) is 16.3 Å². The van der Waals surface area contributed by atoms with Gasteiger partial charge in [0.2, 0.25) is 0 Å². The van der Waals surface area contributed by atoms with Crippen molar-refractivity contribution in [3.05, 3.63) is 47.5 Å². The molecule has 21 heavy (non-hydrogen) atoms. The zero-order valence-corrected chi connectivity index (χ0v) is 12.9. The number of ether oxygens (including phenoxy) is 1. The minimum atomic E-state index is 0.672. The summed E-state index contributed by atoms with van der Waals surface area (Å²) in [6.45, 7) is 2.15. The number of anilines is 1. The van der Waals surface area contributed by atoms with Gasteiger partial charge in [0.15, 0.2) is 0 Å². The molecule has 0 amide bonds. The molecule has 2 heterocycles. The molecular weight excluding hydrogens is 282 g/mol. The number of para-hydroxylation sites is 2. The molecule has 1 aromatic carbocycles. The molecule has 0 saturated heterocycles. The van der Waals surface area contributed by atoms with Crippen LogP contribution < -0.4 is 10.5 Å². The van der Waals surface area contributed by atoms with E-state index in [0.29, 0.717) is 5.69 Å². The smallest absolute Gasteiger partial charge is 0.144 e. The van der Waals surface area contributed by atoms with Crippen LogP contribution in [0.15, 0.2) is 42.6 Å². The number of rotatable bonds is 4. The van der Waals surface area contributed by atoms with Gasteiger partial charge in [-0.1, -0.05) is 19.1 Å².